The van der Waals surface area contributed by atoms with Crippen LogP contribution in [0.4, 0.5) is 17.2 Å². The third-order valence-corrected chi connectivity index (χ3v) is 16.5. The normalized spacial score (nSPS) is 25.7. The molecule has 0 radical (unpaired) electrons. The smallest absolute Gasteiger partial charge is 0.312 e. The Balaban J connectivity index is 0.954. The molecule has 4 N–H and O–H groups in total. The maximum Gasteiger partial charge on any atom is 0.312 e. The Hall–Kier alpha value is -4.15. The molecule has 0 bridgehead atoms. The molecule has 3 aliphatic heterocycles. The molecule has 2 aliphatic carbocycles. The molecule has 5 aliphatic rings. The van der Waals surface area contributed by atoms with Crippen LogP contribution in [0.5, 0.6) is 0 Å². The molecule has 2 saturated carbocycles. The van der Waals surface area contributed by atoms with Gasteiger partial charge in [0.1, 0.15) is 0 Å². The molecule has 1 spiro atoms. The summed E-state index contributed by atoms with van der Waals surface area (Å²) in [7, 11) is -4.45. The molecule has 4 heterocycles. The first kappa shape index (κ1) is 43.5. The number of primary amides is 1. The van der Waals surface area contributed by atoms with E-state index in [1.165, 1.54) is 23.3 Å². The third kappa shape index (κ3) is 9.18. The van der Waals surface area contributed by atoms with Crippen LogP contribution in [-0.2, 0) is 14.6 Å². The van der Waals surface area contributed by atoms with Crippen molar-refractivity contribution in [3.63, 3.8) is 0 Å². The highest BCUT2D eigenvalue weighted by Crippen LogP contribution is 2.53. The van der Waals surface area contributed by atoms with Crippen LogP contribution in [0.3, 0.4) is 0 Å². The Bertz CT molecular complexity index is 2190. The van der Waals surface area contributed by atoms with Gasteiger partial charge in [-0.15, -0.1) is 0 Å². The minimum Gasteiger partial charge on any atom is -0.390 e. The number of nitrogens with zero attached hydrogens (tertiary/aromatic N) is 5. The molecule has 3 aromatic rings. The van der Waals surface area contributed by atoms with Gasteiger partial charge in [-0.05, 0) is 118 Å². The van der Waals surface area contributed by atoms with Gasteiger partial charge in [0.2, 0.25) is 21.6 Å². The molecule has 3 saturated heterocycles. The Labute approximate surface area is 360 Å². The van der Waals surface area contributed by atoms with E-state index in [-0.39, 0.29) is 32.5 Å². The van der Waals surface area contributed by atoms with E-state index in [1.807, 2.05) is 6.92 Å². The second-order valence-electron chi connectivity index (χ2n) is 19.1. The molecule has 14 nitrogen and oxygen atoms in total. The number of hydrogen-bond donors (Lipinski definition) is 3. The predicted octanol–water partition coefficient (Wildman–Crippen LogP) is 6.68. The van der Waals surface area contributed by atoms with Gasteiger partial charge in [-0.25, -0.2) is 13.4 Å². The van der Waals surface area contributed by atoms with Crippen LogP contribution >= 0.6 is 0 Å². The van der Waals surface area contributed by atoms with Crippen molar-refractivity contribution in [2.75, 3.05) is 62.7 Å². The van der Waals surface area contributed by atoms with Crippen molar-refractivity contribution in [2.24, 2.45) is 17.1 Å². The standard InChI is InChI=1S/C46H63N7O7S/c1-31(2)37-6-4-5-7-38(37)41-30-51(33-12-22-60-23-13-33)20-21-52(41)35-26-46(27-35)16-18-50(19-17-46)34-8-9-39(43(47)54)42(24-34)61(58,59)36-25-40(53(56)57)44(49-29-36)48-28-32-10-14-45(3,55)15-11-32/h4-9,24-25,29,31-33,35,41,55H,10-23,26-28,30H2,1-3H3,(H2,47,54)(H,48,49)/t32?,41-,45?/m0/s1. The van der Waals surface area contributed by atoms with E-state index in [4.69, 9.17) is 10.5 Å². The van der Waals surface area contributed by atoms with Crippen LogP contribution in [0.2, 0.25) is 0 Å². The van der Waals surface area contributed by atoms with Crippen LogP contribution in [0.15, 0.2) is 64.5 Å². The van der Waals surface area contributed by atoms with E-state index in [2.05, 4.69) is 63.1 Å². The highest BCUT2D eigenvalue weighted by molar-refractivity contribution is 7.91. The molecular weight excluding hydrogens is 795 g/mol. The molecule has 2 aromatic carbocycles. The molecule has 1 atom stereocenters. The zero-order valence-corrected chi connectivity index (χ0v) is 36.7. The van der Waals surface area contributed by atoms with Gasteiger partial charge in [-0.1, -0.05) is 38.1 Å². The molecule has 61 heavy (non-hydrogen) atoms. The van der Waals surface area contributed by atoms with Gasteiger partial charge >= 0.3 is 5.69 Å². The lowest BCUT2D eigenvalue weighted by molar-refractivity contribution is -0.384. The maximum absolute atomic E-state index is 14.2. The van der Waals surface area contributed by atoms with Crippen molar-refractivity contribution in [2.45, 2.75) is 124 Å². The van der Waals surface area contributed by atoms with E-state index in [0.29, 0.717) is 49.1 Å². The topological polar surface area (TPSA) is 184 Å². The van der Waals surface area contributed by atoms with Gasteiger partial charge in [0, 0.05) is 88.6 Å². The molecule has 0 unspecified atom stereocenters. The van der Waals surface area contributed by atoms with Crippen molar-refractivity contribution < 1.29 is 28.0 Å². The number of aliphatic hydroxyl groups is 1. The van der Waals surface area contributed by atoms with Gasteiger partial charge in [-0.3, -0.25) is 24.7 Å². The number of pyridine rings is 1. The summed E-state index contributed by atoms with van der Waals surface area (Å²) in [4.78, 5) is 35.4. The first-order chi connectivity index (χ1) is 29.1. The largest absolute Gasteiger partial charge is 0.390 e. The van der Waals surface area contributed by atoms with Crippen LogP contribution in [0.25, 0.3) is 0 Å². The molecule has 1 amide bonds. The Morgan fingerprint density at radius 2 is 1.70 bits per heavy atom. The number of nitro groups is 1. The van der Waals surface area contributed by atoms with E-state index in [9.17, 15) is 28.4 Å². The fraction of sp³-hybridized carbons (Fsp3) is 0.609. The Kier molecular flexibility index (Phi) is 12.5. The minimum absolute atomic E-state index is 0.0289. The van der Waals surface area contributed by atoms with Crippen LogP contribution < -0.4 is 16.0 Å². The number of ether oxygens (including phenoxy) is 1. The fourth-order valence-corrected chi connectivity index (χ4v) is 12.4. The van der Waals surface area contributed by atoms with Crippen molar-refractivity contribution in [1.29, 1.82) is 0 Å². The van der Waals surface area contributed by atoms with Crippen molar-refractivity contribution >= 4 is 32.9 Å². The molecule has 330 valence electrons. The lowest BCUT2D eigenvalue weighted by Crippen LogP contribution is -2.61. The van der Waals surface area contributed by atoms with Gasteiger partial charge in [0.25, 0.3) is 0 Å². The highest BCUT2D eigenvalue weighted by Gasteiger charge is 2.50. The number of sulfone groups is 1. The lowest BCUT2D eigenvalue weighted by atomic mass is 9.59. The number of aromatic nitrogens is 1. The van der Waals surface area contributed by atoms with Gasteiger partial charge in [-0.2, -0.15) is 0 Å². The highest BCUT2D eigenvalue weighted by atomic mass is 32.2. The second kappa shape index (κ2) is 17.5. The number of rotatable bonds is 12. The summed E-state index contributed by atoms with van der Waals surface area (Å²) in [5, 5.41) is 25.5. The Morgan fingerprint density at radius 3 is 2.38 bits per heavy atom. The molecule has 5 fully saturated rings. The number of hydrogen-bond acceptors (Lipinski definition) is 12. The molecule has 8 rings (SSSR count). The third-order valence-electron chi connectivity index (χ3n) is 14.7. The Morgan fingerprint density at radius 1 is 1.00 bits per heavy atom. The molecular formula is C46H63N7O7S. The average Bonchev–Trinajstić information content (AvgIpc) is 3.25. The summed E-state index contributed by atoms with van der Waals surface area (Å²) in [5.74, 6) is -0.302. The first-order valence-electron chi connectivity index (χ1n) is 22.3. The number of anilines is 2. The van der Waals surface area contributed by atoms with Crippen molar-refractivity contribution in [1.82, 2.24) is 14.8 Å². The number of piperazine rings is 1. The SMILES string of the molecule is CC(C)c1ccccc1[C@@H]1CN(C2CCOCC2)CCN1C1CC2(CCN(c3ccc(C(N)=O)c(S(=O)(=O)c4cnc(NCC5CCC(C)(O)CC5)c([N+](=O)[O-])c4)c3)CC2)C1. The quantitative estimate of drug-likeness (QED) is 0.130. The fourth-order valence-electron chi connectivity index (χ4n) is 10.9. The van der Waals surface area contributed by atoms with Crippen molar-refractivity contribution in [3.05, 3.63) is 81.5 Å². The molecule has 15 heteroatoms. The number of nitrogens with two attached hydrogens (primary N) is 1. The van der Waals surface area contributed by atoms with E-state index in [0.717, 1.165) is 110 Å². The van der Waals surface area contributed by atoms with E-state index in [1.54, 1.807) is 6.07 Å². The number of piperidine rings is 1. The number of amides is 1. The van der Waals surface area contributed by atoms with Gasteiger partial charge in [0.05, 0.1) is 25.9 Å². The monoisotopic (exact) mass is 857 g/mol. The first-order valence-corrected chi connectivity index (χ1v) is 23.8. The zero-order chi connectivity index (χ0) is 43.1. The summed E-state index contributed by atoms with van der Waals surface area (Å²) >= 11 is 0. The van der Waals surface area contributed by atoms with Gasteiger partial charge < -0.3 is 25.8 Å². The summed E-state index contributed by atoms with van der Waals surface area (Å²) in [6.45, 7) is 13.1. The second-order valence-corrected chi connectivity index (χ2v) is 21.0. The summed E-state index contributed by atoms with van der Waals surface area (Å²) < 4.78 is 34.2. The summed E-state index contributed by atoms with van der Waals surface area (Å²) in [5.41, 5.74) is 8.14. The van der Waals surface area contributed by atoms with Gasteiger partial charge in [0.15, 0.2) is 0 Å². The van der Waals surface area contributed by atoms with E-state index >= 15 is 0 Å². The van der Waals surface area contributed by atoms with Crippen LogP contribution in [-0.4, -0.2) is 109 Å². The molecule has 1 aromatic heterocycles. The lowest BCUT2D eigenvalue weighted by Gasteiger charge is -2.59. The minimum atomic E-state index is -4.45. The van der Waals surface area contributed by atoms with Crippen molar-refractivity contribution in [3.8, 4) is 0 Å². The summed E-state index contributed by atoms with van der Waals surface area (Å²) in [6.07, 6.45) is 10.3. The predicted molar refractivity (Wildman–Crippen MR) is 235 cm³/mol. The number of nitrogens with one attached hydrogen (secondary N) is 1. The van der Waals surface area contributed by atoms with Crippen LogP contribution in [0.1, 0.15) is 118 Å². The summed E-state index contributed by atoms with van der Waals surface area (Å²) in [6, 6.07) is 16.1. The zero-order valence-electron chi connectivity index (χ0n) is 35.9. The van der Waals surface area contributed by atoms with Crippen LogP contribution in [0, 0.1) is 21.4 Å². The number of carbonyl (C=O) groups is 1. The van der Waals surface area contributed by atoms with E-state index < -0.39 is 32.0 Å². The number of benzene rings is 2. The maximum atomic E-state index is 14.2. The number of carbonyl (C=O) groups excluding carboxylic acids is 1. The average molecular weight is 858 g/mol.